The van der Waals surface area contributed by atoms with Crippen molar-refractivity contribution in [1.29, 1.82) is 0 Å². The molecule has 0 saturated heterocycles. The average Bonchev–Trinajstić information content (AvgIpc) is 2.48. The Kier molecular flexibility index (Phi) is 6.43. The van der Waals surface area contributed by atoms with Crippen molar-refractivity contribution in [2.45, 2.75) is 89.6 Å². The van der Waals surface area contributed by atoms with Gasteiger partial charge in [0.1, 0.15) is 18.4 Å². The van der Waals surface area contributed by atoms with Gasteiger partial charge in [-0.1, -0.05) is 26.2 Å². The lowest BCUT2D eigenvalue weighted by atomic mass is 9.80. The van der Waals surface area contributed by atoms with Gasteiger partial charge in [0, 0.05) is 6.42 Å². The third-order valence-corrected chi connectivity index (χ3v) is 5.06. The number of carbonyl (C=O) groups is 1. The molecule has 0 radical (unpaired) electrons. The SMILES string of the molecule is CCCCC1CCC(C(=O)OC2CCC(F)CC2F)CC1. The van der Waals surface area contributed by atoms with Gasteiger partial charge in [0.2, 0.25) is 0 Å². The van der Waals surface area contributed by atoms with Gasteiger partial charge in [-0.15, -0.1) is 0 Å². The van der Waals surface area contributed by atoms with Gasteiger partial charge >= 0.3 is 5.97 Å². The van der Waals surface area contributed by atoms with Crippen LogP contribution in [0.25, 0.3) is 0 Å². The Morgan fingerprint density at radius 1 is 1.10 bits per heavy atom. The molecule has 2 fully saturated rings. The lowest BCUT2D eigenvalue weighted by molar-refractivity contribution is -0.162. The number of hydrogen-bond donors (Lipinski definition) is 0. The molecule has 3 atom stereocenters. The molecule has 0 heterocycles. The molecule has 0 aromatic carbocycles. The molecular weight excluding hydrogens is 274 g/mol. The summed E-state index contributed by atoms with van der Waals surface area (Å²) in [6.07, 6.45) is 4.99. The van der Waals surface area contributed by atoms with Crippen molar-refractivity contribution in [2.75, 3.05) is 0 Å². The summed E-state index contributed by atoms with van der Waals surface area (Å²) in [5.74, 6) is 0.414. The van der Waals surface area contributed by atoms with Gasteiger partial charge in [-0.05, 0) is 44.4 Å². The van der Waals surface area contributed by atoms with Gasteiger partial charge in [-0.2, -0.15) is 0 Å². The smallest absolute Gasteiger partial charge is 0.309 e. The summed E-state index contributed by atoms with van der Waals surface area (Å²) >= 11 is 0. The van der Waals surface area contributed by atoms with Crippen molar-refractivity contribution in [3.8, 4) is 0 Å². The van der Waals surface area contributed by atoms with Crippen LogP contribution < -0.4 is 0 Å². The summed E-state index contributed by atoms with van der Waals surface area (Å²) in [7, 11) is 0. The van der Waals surface area contributed by atoms with Gasteiger partial charge < -0.3 is 4.74 Å². The maximum Gasteiger partial charge on any atom is 0.309 e. The third-order valence-electron chi connectivity index (χ3n) is 5.06. The first-order valence-corrected chi connectivity index (χ1v) is 8.58. The second-order valence-electron chi connectivity index (χ2n) is 6.76. The highest BCUT2D eigenvalue weighted by atomic mass is 19.1. The zero-order valence-electron chi connectivity index (χ0n) is 13.0. The van der Waals surface area contributed by atoms with Gasteiger partial charge in [-0.3, -0.25) is 4.79 Å². The number of ether oxygens (including phenoxy) is 1. The first-order valence-electron chi connectivity index (χ1n) is 8.58. The fraction of sp³-hybridized carbons (Fsp3) is 0.941. The highest BCUT2D eigenvalue weighted by molar-refractivity contribution is 5.72. The van der Waals surface area contributed by atoms with E-state index in [1.54, 1.807) is 0 Å². The van der Waals surface area contributed by atoms with E-state index in [4.69, 9.17) is 4.74 Å². The minimum atomic E-state index is -1.33. The number of carbonyl (C=O) groups excluding carboxylic acids is 1. The van der Waals surface area contributed by atoms with Crippen LogP contribution in [0.2, 0.25) is 0 Å². The Hall–Kier alpha value is -0.670. The van der Waals surface area contributed by atoms with Gasteiger partial charge in [0.25, 0.3) is 0 Å². The zero-order chi connectivity index (χ0) is 15.2. The molecule has 0 aromatic heterocycles. The first-order chi connectivity index (χ1) is 10.1. The standard InChI is InChI=1S/C17H28F2O2/c1-2-3-4-12-5-7-13(8-6-12)17(20)21-16-10-9-14(18)11-15(16)19/h12-16H,2-11H2,1H3. The third kappa shape index (κ3) is 4.93. The summed E-state index contributed by atoms with van der Waals surface area (Å²) in [4.78, 5) is 12.1. The van der Waals surface area contributed by atoms with E-state index in [-0.39, 0.29) is 18.3 Å². The maximum absolute atomic E-state index is 13.7. The Bertz CT molecular complexity index is 327. The molecule has 2 aliphatic carbocycles. The van der Waals surface area contributed by atoms with Crippen LogP contribution in [0.3, 0.4) is 0 Å². The lowest BCUT2D eigenvalue weighted by Gasteiger charge is -2.31. The van der Waals surface area contributed by atoms with Crippen molar-refractivity contribution >= 4 is 5.97 Å². The zero-order valence-corrected chi connectivity index (χ0v) is 13.0. The molecule has 2 saturated carbocycles. The molecular formula is C17H28F2O2. The molecule has 2 nitrogen and oxygen atoms in total. The first kappa shape index (κ1) is 16.7. The molecule has 3 unspecified atom stereocenters. The van der Waals surface area contributed by atoms with E-state index in [0.29, 0.717) is 12.8 Å². The summed E-state index contributed by atoms with van der Waals surface area (Å²) in [5.41, 5.74) is 0. The molecule has 0 aromatic rings. The second kappa shape index (κ2) is 8.09. The van der Waals surface area contributed by atoms with Crippen LogP contribution in [0, 0.1) is 11.8 Å². The predicted molar refractivity (Wildman–Crippen MR) is 78.5 cm³/mol. The van der Waals surface area contributed by atoms with E-state index in [0.717, 1.165) is 31.6 Å². The number of unbranched alkanes of at least 4 members (excludes halogenated alkanes) is 1. The summed E-state index contributed by atoms with van der Waals surface area (Å²) in [6, 6.07) is 0. The van der Waals surface area contributed by atoms with Crippen molar-refractivity contribution < 1.29 is 18.3 Å². The van der Waals surface area contributed by atoms with Crippen LogP contribution in [-0.4, -0.2) is 24.4 Å². The molecule has 2 rings (SSSR count). The van der Waals surface area contributed by atoms with E-state index < -0.39 is 18.4 Å². The van der Waals surface area contributed by atoms with Crippen LogP contribution in [-0.2, 0) is 9.53 Å². The fourth-order valence-electron chi connectivity index (χ4n) is 3.60. The normalized spacial score (nSPS) is 37.2. The van der Waals surface area contributed by atoms with Crippen molar-refractivity contribution in [1.82, 2.24) is 0 Å². The molecule has 0 aliphatic heterocycles. The van der Waals surface area contributed by atoms with E-state index in [1.165, 1.54) is 19.3 Å². The number of rotatable bonds is 5. The number of halogens is 2. The topological polar surface area (TPSA) is 26.3 Å². The highest BCUT2D eigenvalue weighted by Gasteiger charge is 2.35. The van der Waals surface area contributed by atoms with Gasteiger partial charge in [0.15, 0.2) is 0 Å². The average molecular weight is 302 g/mol. The minimum absolute atomic E-state index is 0.0711. The van der Waals surface area contributed by atoms with Crippen LogP contribution in [0.5, 0.6) is 0 Å². The number of esters is 1. The number of alkyl halides is 2. The monoisotopic (exact) mass is 302 g/mol. The fourth-order valence-corrected chi connectivity index (χ4v) is 3.60. The van der Waals surface area contributed by atoms with Crippen molar-refractivity contribution in [2.24, 2.45) is 11.8 Å². The summed E-state index contributed by atoms with van der Waals surface area (Å²) < 4.78 is 32.1. The Labute approximate surface area is 126 Å². The highest BCUT2D eigenvalue weighted by Crippen LogP contribution is 2.34. The number of hydrogen-bond acceptors (Lipinski definition) is 2. The van der Waals surface area contributed by atoms with Crippen molar-refractivity contribution in [3.05, 3.63) is 0 Å². The molecule has 0 spiro atoms. The van der Waals surface area contributed by atoms with Gasteiger partial charge in [-0.25, -0.2) is 8.78 Å². The largest absolute Gasteiger partial charge is 0.459 e. The molecule has 122 valence electrons. The van der Waals surface area contributed by atoms with Gasteiger partial charge in [0.05, 0.1) is 5.92 Å². The molecule has 4 heteroatoms. The van der Waals surface area contributed by atoms with Crippen LogP contribution in [0.4, 0.5) is 8.78 Å². The van der Waals surface area contributed by atoms with E-state index in [9.17, 15) is 13.6 Å². The summed E-state index contributed by atoms with van der Waals surface area (Å²) in [5, 5.41) is 0. The Morgan fingerprint density at radius 3 is 2.43 bits per heavy atom. The van der Waals surface area contributed by atoms with Crippen LogP contribution >= 0.6 is 0 Å². The van der Waals surface area contributed by atoms with Crippen LogP contribution in [0.1, 0.15) is 71.1 Å². The van der Waals surface area contributed by atoms with E-state index in [1.807, 2.05) is 0 Å². The van der Waals surface area contributed by atoms with Crippen LogP contribution in [0.15, 0.2) is 0 Å². The lowest BCUT2D eigenvalue weighted by Crippen LogP contribution is -2.37. The maximum atomic E-state index is 13.7. The molecule has 0 bridgehead atoms. The molecule has 0 N–H and O–H groups in total. The Balaban J connectivity index is 1.72. The molecule has 0 amide bonds. The molecule has 2 aliphatic rings. The molecule has 21 heavy (non-hydrogen) atoms. The van der Waals surface area contributed by atoms with E-state index >= 15 is 0 Å². The Morgan fingerprint density at radius 2 is 1.81 bits per heavy atom. The van der Waals surface area contributed by atoms with Crippen molar-refractivity contribution in [3.63, 3.8) is 0 Å². The minimum Gasteiger partial charge on any atom is -0.459 e. The van der Waals surface area contributed by atoms with E-state index in [2.05, 4.69) is 6.92 Å². The second-order valence-corrected chi connectivity index (χ2v) is 6.76. The summed E-state index contributed by atoms with van der Waals surface area (Å²) in [6.45, 7) is 2.20. The predicted octanol–water partition coefficient (Wildman–Crippen LogP) is 4.75. The quantitative estimate of drug-likeness (QED) is 0.685.